The van der Waals surface area contributed by atoms with Crippen LogP contribution in [0.15, 0.2) is 42.7 Å². The average molecular weight is 390 g/mol. The first-order valence-corrected chi connectivity index (χ1v) is 10.1. The Kier molecular flexibility index (Phi) is 4.23. The van der Waals surface area contributed by atoms with Crippen LogP contribution in [0.2, 0.25) is 0 Å². The van der Waals surface area contributed by atoms with E-state index in [0.717, 1.165) is 46.5 Å². The van der Waals surface area contributed by atoms with Gasteiger partial charge in [0.2, 0.25) is 0 Å². The largest absolute Gasteiger partial charge is 0.348 e. The number of nitrogens with one attached hydrogen (secondary N) is 1. The molecule has 0 spiro atoms. The highest BCUT2D eigenvalue weighted by Crippen LogP contribution is 2.36. The number of hydrogen-bond acceptors (Lipinski definition) is 3. The van der Waals surface area contributed by atoms with Gasteiger partial charge in [0.25, 0.3) is 5.91 Å². The fraction of sp³-hybridized carbons (Fsp3) is 0.348. The standard InChI is InChI=1S/C23H23FN4O/c1-15-4-7-19(18-12-26-28(13-18)14-23(24)8-2-3-9-23)21(27-15)16-5-6-17-11-25-22(29)20(17)10-16/h4-7,10,12-13H,2-3,8-9,11,14H2,1H3,(H,25,29). The van der Waals surface area contributed by atoms with Gasteiger partial charge in [-0.15, -0.1) is 0 Å². The predicted molar refractivity (Wildman–Crippen MR) is 109 cm³/mol. The number of carbonyl (C=O) groups is 1. The fourth-order valence-electron chi connectivity index (χ4n) is 4.42. The van der Waals surface area contributed by atoms with E-state index < -0.39 is 5.67 Å². The van der Waals surface area contributed by atoms with Crippen LogP contribution in [-0.2, 0) is 13.1 Å². The first-order valence-electron chi connectivity index (χ1n) is 10.1. The van der Waals surface area contributed by atoms with Crippen molar-refractivity contribution >= 4 is 5.91 Å². The topological polar surface area (TPSA) is 59.8 Å². The minimum atomic E-state index is -1.15. The van der Waals surface area contributed by atoms with Crippen molar-refractivity contribution in [2.75, 3.05) is 0 Å². The third-order valence-electron chi connectivity index (χ3n) is 5.99. The molecule has 5 rings (SSSR count). The number of pyridine rings is 1. The summed E-state index contributed by atoms with van der Waals surface area (Å²) in [6.07, 6.45) is 6.78. The van der Waals surface area contributed by atoms with Crippen LogP contribution in [-0.4, -0.2) is 26.3 Å². The Morgan fingerprint density at radius 2 is 1.97 bits per heavy atom. The smallest absolute Gasteiger partial charge is 0.251 e. The van der Waals surface area contributed by atoms with Gasteiger partial charge in [-0.05, 0) is 37.5 Å². The van der Waals surface area contributed by atoms with E-state index in [4.69, 9.17) is 4.98 Å². The van der Waals surface area contributed by atoms with Crippen LogP contribution in [0.25, 0.3) is 22.4 Å². The van der Waals surface area contributed by atoms with Gasteiger partial charge in [-0.3, -0.25) is 14.5 Å². The molecule has 1 aliphatic carbocycles. The Hall–Kier alpha value is -3.02. The molecule has 29 heavy (non-hydrogen) atoms. The van der Waals surface area contributed by atoms with E-state index >= 15 is 0 Å². The van der Waals surface area contributed by atoms with Crippen LogP contribution in [0.1, 0.15) is 47.3 Å². The zero-order valence-corrected chi connectivity index (χ0v) is 16.4. The number of nitrogens with zero attached hydrogens (tertiary/aromatic N) is 3. The molecule has 3 aromatic rings. The highest BCUT2D eigenvalue weighted by atomic mass is 19.1. The maximum atomic E-state index is 14.9. The van der Waals surface area contributed by atoms with Crippen molar-refractivity contribution in [1.82, 2.24) is 20.1 Å². The summed E-state index contributed by atoms with van der Waals surface area (Å²) in [4.78, 5) is 16.8. The van der Waals surface area contributed by atoms with Crippen LogP contribution in [0.5, 0.6) is 0 Å². The molecule has 1 aromatic carbocycles. The summed E-state index contributed by atoms with van der Waals surface area (Å²) in [7, 11) is 0. The van der Waals surface area contributed by atoms with Gasteiger partial charge in [-0.25, -0.2) is 4.39 Å². The van der Waals surface area contributed by atoms with Gasteiger partial charge in [-0.1, -0.05) is 31.0 Å². The van der Waals surface area contributed by atoms with E-state index in [9.17, 15) is 9.18 Å². The number of amides is 1. The van der Waals surface area contributed by atoms with Gasteiger partial charge in [0, 0.05) is 40.7 Å². The molecule has 0 atom stereocenters. The van der Waals surface area contributed by atoms with Gasteiger partial charge < -0.3 is 5.32 Å². The van der Waals surface area contributed by atoms with Crippen molar-refractivity contribution < 1.29 is 9.18 Å². The van der Waals surface area contributed by atoms with Gasteiger partial charge >= 0.3 is 0 Å². The maximum absolute atomic E-state index is 14.9. The molecule has 1 fully saturated rings. The van der Waals surface area contributed by atoms with Gasteiger partial charge in [-0.2, -0.15) is 5.10 Å². The van der Waals surface area contributed by atoms with E-state index in [1.165, 1.54) is 0 Å². The summed E-state index contributed by atoms with van der Waals surface area (Å²) in [6, 6.07) is 9.87. The van der Waals surface area contributed by atoms with Crippen molar-refractivity contribution in [3.8, 4) is 22.4 Å². The number of carbonyl (C=O) groups excluding carboxylic acids is 1. The maximum Gasteiger partial charge on any atom is 0.251 e. The first-order chi connectivity index (χ1) is 14.0. The monoisotopic (exact) mass is 390 g/mol. The molecule has 0 saturated heterocycles. The Bertz CT molecular complexity index is 1100. The number of halogens is 1. The number of alkyl halides is 1. The SMILES string of the molecule is Cc1ccc(-c2cnn(CC3(F)CCCC3)c2)c(-c2ccc3c(c2)C(=O)NC3)n1. The van der Waals surface area contributed by atoms with Crippen LogP contribution in [0.4, 0.5) is 4.39 Å². The van der Waals surface area contributed by atoms with E-state index in [-0.39, 0.29) is 5.91 Å². The van der Waals surface area contributed by atoms with E-state index in [1.54, 1.807) is 10.9 Å². The Morgan fingerprint density at radius 3 is 2.79 bits per heavy atom. The lowest BCUT2D eigenvalue weighted by molar-refractivity contribution is 0.0965. The van der Waals surface area contributed by atoms with Crippen molar-refractivity contribution in [3.63, 3.8) is 0 Å². The average Bonchev–Trinajstić information content (AvgIpc) is 3.43. The molecule has 0 bridgehead atoms. The zero-order valence-electron chi connectivity index (χ0n) is 16.4. The van der Waals surface area contributed by atoms with Crippen LogP contribution in [0, 0.1) is 6.92 Å². The number of aromatic nitrogens is 3. The van der Waals surface area contributed by atoms with Crippen molar-refractivity contribution in [3.05, 3.63) is 59.5 Å². The molecule has 1 saturated carbocycles. The number of aryl methyl sites for hydroxylation is 1. The van der Waals surface area contributed by atoms with Gasteiger partial charge in [0.05, 0.1) is 18.4 Å². The lowest BCUT2D eigenvalue weighted by Gasteiger charge is -2.18. The highest BCUT2D eigenvalue weighted by molar-refractivity contribution is 5.99. The van der Waals surface area contributed by atoms with E-state index in [1.807, 2.05) is 43.5 Å². The molecule has 2 aromatic heterocycles. The van der Waals surface area contributed by atoms with Crippen LogP contribution < -0.4 is 5.32 Å². The molecule has 1 aliphatic heterocycles. The Labute approximate surface area is 169 Å². The summed E-state index contributed by atoms with van der Waals surface area (Å²) in [5.41, 5.74) is 4.99. The minimum Gasteiger partial charge on any atom is -0.348 e. The third-order valence-corrected chi connectivity index (χ3v) is 5.99. The molecule has 148 valence electrons. The lowest BCUT2D eigenvalue weighted by Crippen LogP contribution is -2.25. The first kappa shape index (κ1) is 18.0. The highest BCUT2D eigenvalue weighted by Gasteiger charge is 2.34. The van der Waals surface area contributed by atoms with Crippen LogP contribution >= 0.6 is 0 Å². The zero-order chi connectivity index (χ0) is 20.0. The molecular formula is C23H23FN4O. The lowest BCUT2D eigenvalue weighted by atomic mass is 9.98. The van der Waals surface area contributed by atoms with Crippen molar-refractivity contribution in [1.29, 1.82) is 0 Å². The molecule has 1 N–H and O–H groups in total. The predicted octanol–water partition coefficient (Wildman–Crippen LogP) is 4.45. The second-order valence-corrected chi connectivity index (χ2v) is 8.19. The molecule has 2 aliphatic rings. The van der Waals surface area contributed by atoms with E-state index in [2.05, 4.69) is 10.4 Å². The molecule has 5 nitrogen and oxygen atoms in total. The Morgan fingerprint density at radius 1 is 1.14 bits per heavy atom. The molecule has 6 heteroatoms. The summed E-state index contributed by atoms with van der Waals surface area (Å²) in [6.45, 7) is 2.81. The Balaban J connectivity index is 1.52. The number of rotatable bonds is 4. The number of benzene rings is 1. The normalized spacial score (nSPS) is 17.4. The summed E-state index contributed by atoms with van der Waals surface area (Å²) >= 11 is 0. The summed E-state index contributed by atoms with van der Waals surface area (Å²) < 4.78 is 16.6. The van der Waals surface area contributed by atoms with Crippen molar-refractivity contribution in [2.45, 2.75) is 51.4 Å². The summed E-state index contributed by atoms with van der Waals surface area (Å²) in [5.74, 6) is -0.0475. The number of fused-ring (bicyclic) bond motifs is 1. The molecular weight excluding hydrogens is 367 g/mol. The van der Waals surface area contributed by atoms with Gasteiger partial charge in [0.15, 0.2) is 0 Å². The minimum absolute atomic E-state index is 0.0475. The summed E-state index contributed by atoms with van der Waals surface area (Å²) in [5, 5.41) is 7.27. The number of hydrogen-bond donors (Lipinski definition) is 1. The van der Waals surface area contributed by atoms with Gasteiger partial charge in [0.1, 0.15) is 5.67 Å². The molecule has 0 radical (unpaired) electrons. The van der Waals surface area contributed by atoms with Crippen LogP contribution in [0.3, 0.4) is 0 Å². The molecule has 0 unspecified atom stereocenters. The molecule has 3 heterocycles. The second-order valence-electron chi connectivity index (χ2n) is 8.19. The third kappa shape index (κ3) is 3.33. The quantitative estimate of drug-likeness (QED) is 0.716. The van der Waals surface area contributed by atoms with E-state index in [0.29, 0.717) is 31.5 Å². The second kappa shape index (κ2) is 6.79. The van der Waals surface area contributed by atoms with Crippen molar-refractivity contribution in [2.24, 2.45) is 0 Å². The molecule has 1 amide bonds. The fourth-order valence-corrected chi connectivity index (χ4v) is 4.42.